The van der Waals surface area contributed by atoms with Crippen LogP contribution in [0.5, 0.6) is 0 Å². The second kappa shape index (κ2) is 16.8. The van der Waals surface area contributed by atoms with Crippen molar-refractivity contribution in [2.24, 2.45) is 17.8 Å². The first-order valence-electron chi connectivity index (χ1n) is 18.9. The summed E-state index contributed by atoms with van der Waals surface area (Å²) in [6.45, 7) is 20.8. The number of aliphatic hydroxyl groups is 3. The van der Waals surface area contributed by atoms with E-state index in [1.54, 1.807) is 6.08 Å². The van der Waals surface area contributed by atoms with Gasteiger partial charge in [0, 0.05) is 12.8 Å². The van der Waals surface area contributed by atoms with Gasteiger partial charge in [-0.15, -0.1) is 0 Å². The molecule has 4 fully saturated rings. The molecule has 0 spiro atoms. The molecule has 13 atom stereocenters. The maximum atomic E-state index is 11.7. The molecule has 0 aromatic heterocycles. The third kappa shape index (κ3) is 9.51. The summed E-state index contributed by atoms with van der Waals surface area (Å²) in [5.41, 5.74) is 0.400. The fourth-order valence-electron chi connectivity index (χ4n) is 8.53. The van der Waals surface area contributed by atoms with Gasteiger partial charge in [0.25, 0.3) is 0 Å². The van der Waals surface area contributed by atoms with Crippen molar-refractivity contribution in [2.75, 3.05) is 6.61 Å². The molecule has 0 aromatic rings. The van der Waals surface area contributed by atoms with Gasteiger partial charge in [-0.1, -0.05) is 68.9 Å². The van der Waals surface area contributed by atoms with Crippen LogP contribution in [0.25, 0.3) is 0 Å². The van der Waals surface area contributed by atoms with E-state index in [-0.39, 0.29) is 43.0 Å². The monoisotopic (exact) mass is 672 g/mol. The van der Waals surface area contributed by atoms with Gasteiger partial charge in [-0.05, 0) is 110 Å². The quantitative estimate of drug-likeness (QED) is 0.172. The molecular formula is C41H68O7. The summed E-state index contributed by atoms with van der Waals surface area (Å²) in [7, 11) is 0. The van der Waals surface area contributed by atoms with Crippen molar-refractivity contribution in [1.82, 2.24) is 0 Å². The molecule has 4 heterocycles. The van der Waals surface area contributed by atoms with E-state index in [9.17, 15) is 15.3 Å². The number of allylic oxidation sites excluding steroid dienone is 6. The van der Waals surface area contributed by atoms with Crippen LogP contribution in [0, 0.1) is 17.8 Å². The van der Waals surface area contributed by atoms with Crippen LogP contribution in [0.3, 0.4) is 0 Å². The molecule has 0 amide bonds. The van der Waals surface area contributed by atoms with Crippen molar-refractivity contribution in [3.8, 4) is 0 Å². The van der Waals surface area contributed by atoms with Crippen molar-refractivity contribution >= 4 is 0 Å². The first-order chi connectivity index (χ1) is 22.6. The largest absolute Gasteiger partial charge is 0.392 e. The van der Waals surface area contributed by atoms with E-state index in [1.165, 1.54) is 5.57 Å². The Bertz CT molecular complexity index is 1140. The summed E-state index contributed by atoms with van der Waals surface area (Å²) in [5, 5.41) is 32.3. The van der Waals surface area contributed by atoms with Crippen molar-refractivity contribution in [3.63, 3.8) is 0 Å². The Morgan fingerprint density at radius 1 is 0.958 bits per heavy atom. The molecule has 4 aliphatic heterocycles. The second-order valence-corrected chi connectivity index (χ2v) is 16.5. The molecule has 0 bridgehead atoms. The normalized spacial score (nSPS) is 41.4. The van der Waals surface area contributed by atoms with E-state index in [2.05, 4.69) is 60.3 Å². The summed E-state index contributed by atoms with van der Waals surface area (Å²) in [4.78, 5) is 0. The molecule has 0 aliphatic carbocycles. The summed E-state index contributed by atoms with van der Waals surface area (Å²) in [6.07, 6.45) is 17.4. The van der Waals surface area contributed by atoms with Gasteiger partial charge in [0.05, 0.1) is 60.0 Å². The van der Waals surface area contributed by atoms with Crippen LogP contribution in [-0.4, -0.2) is 81.5 Å². The molecule has 7 heteroatoms. The Hall–Kier alpha value is -1.32. The predicted octanol–water partition coefficient (Wildman–Crippen LogP) is 7.77. The lowest BCUT2D eigenvalue weighted by atomic mass is 9.79. The lowest BCUT2D eigenvalue weighted by molar-refractivity contribution is -0.273. The van der Waals surface area contributed by atoms with Crippen LogP contribution in [0.4, 0.5) is 0 Å². The summed E-state index contributed by atoms with van der Waals surface area (Å²) in [5.74, 6) is 0.835. The van der Waals surface area contributed by atoms with E-state index < -0.39 is 29.0 Å². The molecule has 7 nitrogen and oxygen atoms in total. The number of hydrogen-bond acceptors (Lipinski definition) is 7. The molecule has 48 heavy (non-hydrogen) atoms. The van der Waals surface area contributed by atoms with E-state index in [0.717, 1.165) is 56.9 Å². The Labute approximate surface area is 291 Å². The minimum Gasteiger partial charge on any atom is -0.392 e. The molecular weight excluding hydrogens is 604 g/mol. The third-order valence-electron chi connectivity index (χ3n) is 12.6. The maximum absolute atomic E-state index is 11.7. The molecule has 4 rings (SSSR count). The Morgan fingerprint density at radius 2 is 1.67 bits per heavy atom. The number of aliphatic hydroxyl groups excluding tert-OH is 2. The second-order valence-electron chi connectivity index (χ2n) is 16.5. The lowest BCUT2D eigenvalue weighted by Gasteiger charge is -2.49. The standard InChI is InChI=1S/C41H68O7/c1-10-11-12-13-16-31(6)39(7,44)21-19-33-29(4)18-22-40(8)37(45-33)25-35-38(48-40)32(43)26-41(9)36(46-35)24-30(5)34(47-41)17-14-15-27(2)28(3)20-23-42/h10-12,15,20,29-38,42-44H,1,13-14,16-19,21-26H2,2-9H3/b12-11-,27-15+,28-20+. The maximum Gasteiger partial charge on any atom is 0.111 e. The molecule has 0 aromatic carbocycles. The van der Waals surface area contributed by atoms with Crippen LogP contribution in [0.15, 0.2) is 48.1 Å². The molecule has 13 unspecified atom stereocenters. The van der Waals surface area contributed by atoms with Gasteiger partial charge in [0.1, 0.15) is 6.10 Å². The summed E-state index contributed by atoms with van der Waals surface area (Å²) in [6, 6.07) is 0. The van der Waals surface area contributed by atoms with E-state index in [0.29, 0.717) is 31.1 Å². The van der Waals surface area contributed by atoms with Crippen molar-refractivity contribution in [3.05, 3.63) is 48.1 Å². The highest BCUT2D eigenvalue weighted by molar-refractivity contribution is 5.26. The zero-order valence-corrected chi connectivity index (χ0v) is 31.3. The smallest absolute Gasteiger partial charge is 0.111 e. The van der Waals surface area contributed by atoms with Gasteiger partial charge >= 0.3 is 0 Å². The fraction of sp³-hybridized carbons (Fsp3) is 0.805. The summed E-state index contributed by atoms with van der Waals surface area (Å²) < 4.78 is 27.6. The van der Waals surface area contributed by atoms with Crippen LogP contribution in [0.2, 0.25) is 0 Å². The van der Waals surface area contributed by atoms with Crippen molar-refractivity contribution in [1.29, 1.82) is 0 Å². The molecule has 4 saturated heterocycles. The number of ether oxygens (including phenoxy) is 4. The molecule has 0 saturated carbocycles. The average Bonchev–Trinajstić information content (AvgIpc) is 3.21. The zero-order chi connectivity index (χ0) is 35.3. The highest BCUT2D eigenvalue weighted by atomic mass is 16.6. The highest BCUT2D eigenvalue weighted by Crippen LogP contribution is 2.48. The average molecular weight is 673 g/mol. The van der Waals surface area contributed by atoms with Crippen LogP contribution in [0.1, 0.15) is 126 Å². The minimum absolute atomic E-state index is 0.0247. The van der Waals surface area contributed by atoms with Gasteiger partial charge in [-0.25, -0.2) is 0 Å². The van der Waals surface area contributed by atoms with E-state index >= 15 is 0 Å². The minimum atomic E-state index is -0.769. The van der Waals surface area contributed by atoms with Crippen molar-refractivity contribution in [2.45, 2.75) is 186 Å². The van der Waals surface area contributed by atoms with Crippen LogP contribution >= 0.6 is 0 Å². The third-order valence-corrected chi connectivity index (χ3v) is 12.6. The molecule has 3 N–H and O–H groups in total. The van der Waals surface area contributed by atoms with Gasteiger partial charge in [0.15, 0.2) is 0 Å². The van der Waals surface area contributed by atoms with E-state index in [1.807, 2.05) is 26.0 Å². The number of fused-ring (bicyclic) bond motifs is 3. The van der Waals surface area contributed by atoms with Crippen LogP contribution in [-0.2, 0) is 18.9 Å². The van der Waals surface area contributed by atoms with Gasteiger partial charge in [-0.2, -0.15) is 0 Å². The highest BCUT2D eigenvalue weighted by Gasteiger charge is 2.57. The first-order valence-corrected chi connectivity index (χ1v) is 18.9. The molecule has 274 valence electrons. The number of hydrogen-bond donors (Lipinski definition) is 3. The first kappa shape index (κ1) is 39.5. The summed E-state index contributed by atoms with van der Waals surface area (Å²) >= 11 is 0. The lowest BCUT2D eigenvalue weighted by Crippen LogP contribution is -2.59. The molecule has 0 radical (unpaired) electrons. The topological polar surface area (TPSA) is 97.6 Å². The van der Waals surface area contributed by atoms with E-state index in [4.69, 9.17) is 18.9 Å². The Morgan fingerprint density at radius 3 is 2.38 bits per heavy atom. The van der Waals surface area contributed by atoms with Crippen molar-refractivity contribution < 1.29 is 34.3 Å². The SMILES string of the molecule is C=C/C=C\CCC(C)C(C)(O)CCC1OC2CC3OC4CC(C)C(CC/C=C(C)/C(C)=C/CO)OC4(C)CC(O)C3OC2(C)CCC1C. The Balaban J connectivity index is 1.41. The molecule has 4 aliphatic rings. The fourth-order valence-corrected chi connectivity index (χ4v) is 8.53. The van der Waals surface area contributed by atoms with Gasteiger partial charge in [0.2, 0.25) is 0 Å². The Kier molecular flexibility index (Phi) is 13.8. The van der Waals surface area contributed by atoms with Gasteiger partial charge < -0.3 is 34.3 Å². The van der Waals surface area contributed by atoms with Crippen LogP contribution < -0.4 is 0 Å². The predicted molar refractivity (Wildman–Crippen MR) is 193 cm³/mol. The van der Waals surface area contributed by atoms with Gasteiger partial charge in [-0.3, -0.25) is 0 Å². The zero-order valence-electron chi connectivity index (χ0n) is 31.3. The number of rotatable bonds is 13.